The number of carbonyl (C=O) groups is 1. The van der Waals surface area contributed by atoms with Gasteiger partial charge >= 0.3 is 0 Å². The lowest BCUT2D eigenvalue weighted by atomic mass is 10.0. The van der Waals surface area contributed by atoms with Crippen molar-refractivity contribution in [3.05, 3.63) is 67.7 Å². The van der Waals surface area contributed by atoms with E-state index >= 15 is 0 Å². The Morgan fingerprint density at radius 1 is 1.06 bits per heavy atom. The van der Waals surface area contributed by atoms with Crippen molar-refractivity contribution in [3.63, 3.8) is 0 Å². The van der Waals surface area contributed by atoms with Crippen molar-refractivity contribution in [2.75, 3.05) is 0 Å². The van der Waals surface area contributed by atoms with Crippen LogP contribution in [0.5, 0.6) is 0 Å². The number of hydrogen-bond acceptors (Lipinski definition) is 1. The topological polar surface area (TPSA) is 17.1 Å². The lowest BCUT2D eigenvalue weighted by Crippen LogP contribution is -2.03. The second kappa shape index (κ2) is 5.78. The predicted molar refractivity (Wildman–Crippen MR) is 81.3 cm³/mol. The third kappa shape index (κ3) is 3.39. The molecule has 0 saturated heterocycles. The quantitative estimate of drug-likeness (QED) is 0.548. The van der Waals surface area contributed by atoms with Crippen molar-refractivity contribution in [3.8, 4) is 0 Å². The first-order valence-corrected chi connectivity index (χ1v) is 7.06. The highest BCUT2D eigenvalue weighted by atomic mass is 127. The van der Waals surface area contributed by atoms with Crippen LogP contribution in [0.3, 0.4) is 0 Å². The molecule has 0 aliphatic heterocycles. The Kier molecular flexibility index (Phi) is 4.34. The zero-order valence-corrected chi connectivity index (χ0v) is 12.7. The smallest absolute Gasteiger partial charge is 0.167 e. The maximum Gasteiger partial charge on any atom is 0.167 e. The van der Waals surface area contributed by atoms with E-state index in [1.54, 1.807) is 0 Å². The highest BCUT2D eigenvalue weighted by Crippen LogP contribution is 2.18. The van der Waals surface area contributed by atoms with Gasteiger partial charge in [-0.15, -0.1) is 0 Å². The van der Waals surface area contributed by atoms with Crippen LogP contribution in [0.2, 0.25) is 0 Å². The van der Waals surface area contributed by atoms with E-state index in [1.165, 1.54) is 0 Å². The third-order valence-corrected chi connectivity index (χ3v) is 3.97. The summed E-state index contributed by atoms with van der Waals surface area (Å²) in [5.41, 5.74) is 1.79. The molecule has 17 heavy (non-hydrogen) atoms. The Morgan fingerprint density at radius 2 is 1.71 bits per heavy atom. The van der Waals surface area contributed by atoms with Gasteiger partial charge in [-0.3, -0.25) is 4.79 Å². The van der Waals surface area contributed by atoms with Gasteiger partial charge < -0.3 is 0 Å². The Morgan fingerprint density at radius 3 is 2.35 bits per heavy atom. The largest absolute Gasteiger partial charge is 0.294 e. The van der Waals surface area contributed by atoms with Crippen LogP contribution in [0.1, 0.15) is 15.9 Å². The van der Waals surface area contributed by atoms with Crippen LogP contribution in [-0.4, -0.2) is 5.78 Å². The molecule has 0 spiro atoms. The molecule has 0 unspecified atom stereocenters. The number of halogens is 2. The minimum atomic E-state index is 0.147. The van der Waals surface area contributed by atoms with Crippen LogP contribution in [0.25, 0.3) is 0 Å². The van der Waals surface area contributed by atoms with Crippen molar-refractivity contribution >= 4 is 44.3 Å². The number of rotatable bonds is 3. The second-order valence-corrected chi connectivity index (χ2v) is 5.80. The fourth-order valence-corrected chi connectivity index (χ4v) is 2.34. The van der Waals surface area contributed by atoms with Crippen molar-refractivity contribution in [2.24, 2.45) is 0 Å². The molecular formula is C14H10BrIO. The van der Waals surface area contributed by atoms with Crippen molar-refractivity contribution in [1.29, 1.82) is 0 Å². The molecule has 0 atom stereocenters. The molecule has 0 aliphatic rings. The van der Waals surface area contributed by atoms with Crippen LogP contribution in [-0.2, 0) is 6.42 Å². The minimum Gasteiger partial charge on any atom is -0.294 e. The summed E-state index contributed by atoms with van der Waals surface area (Å²) in [6.45, 7) is 0. The van der Waals surface area contributed by atoms with Gasteiger partial charge in [-0.2, -0.15) is 0 Å². The molecule has 2 rings (SSSR count). The van der Waals surface area contributed by atoms with Crippen LogP contribution < -0.4 is 0 Å². The lowest BCUT2D eigenvalue weighted by molar-refractivity contribution is 0.0993. The highest BCUT2D eigenvalue weighted by molar-refractivity contribution is 14.1. The summed E-state index contributed by atoms with van der Waals surface area (Å²) in [6.07, 6.45) is 0.433. The van der Waals surface area contributed by atoms with E-state index in [-0.39, 0.29) is 5.78 Å². The molecule has 0 aliphatic carbocycles. The van der Waals surface area contributed by atoms with Gasteiger partial charge in [0, 0.05) is 20.0 Å². The van der Waals surface area contributed by atoms with Crippen LogP contribution >= 0.6 is 38.5 Å². The maximum absolute atomic E-state index is 12.1. The SMILES string of the molecule is O=C(Cc1ccccc1Br)c1ccc(I)cc1. The zero-order chi connectivity index (χ0) is 12.3. The predicted octanol–water partition coefficient (Wildman–Crippen LogP) is 4.48. The van der Waals surface area contributed by atoms with Gasteiger partial charge in [0.2, 0.25) is 0 Å². The molecule has 0 fully saturated rings. The van der Waals surface area contributed by atoms with Crippen molar-refractivity contribution in [2.45, 2.75) is 6.42 Å². The normalized spacial score (nSPS) is 10.2. The Bertz CT molecular complexity index is 534. The summed E-state index contributed by atoms with van der Waals surface area (Å²) in [4.78, 5) is 12.1. The average molecular weight is 401 g/mol. The maximum atomic E-state index is 12.1. The summed E-state index contributed by atoms with van der Waals surface area (Å²) in [5.74, 6) is 0.147. The van der Waals surface area contributed by atoms with E-state index in [2.05, 4.69) is 38.5 Å². The van der Waals surface area contributed by atoms with Crippen LogP contribution in [0, 0.1) is 3.57 Å². The zero-order valence-electron chi connectivity index (χ0n) is 8.99. The number of Topliss-reactive ketones (excluding diaryl/α,β-unsaturated/α-hetero) is 1. The molecule has 2 aromatic rings. The summed E-state index contributed by atoms with van der Waals surface area (Å²) in [6, 6.07) is 15.5. The summed E-state index contributed by atoms with van der Waals surface area (Å²) >= 11 is 5.69. The van der Waals surface area contributed by atoms with Gasteiger partial charge in [0.25, 0.3) is 0 Å². The standard InChI is InChI=1S/C14H10BrIO/c15-13-4-2-1-3-11(13)9-14(17)10-5-7-12(16)8-6-10/h1-8H,9H2. The van der Waals surface area contributed by atoms with Gasteiger partial charge in [0.15, 0.2) is 5.78 Å². The Balaban J connectivity index is 2.17. The number of ketones is 1. The summed E-state index contributed by atoms with van der Waals surface area (Å²) in [7, 11) is 0. The molecule has 0 radical (unpaired) electrons. The molecule has 0 aromatic heterocycles. The van der Waals surface area contributed by atoms with E-state index < -0.39 is 0 Å². The number of hydrogen-bond donors (Lipinski definition) is 0. The molecule has 86 valence electrons. The monoisotopic (exact) mass is 400 g/mol. The van der Waals surface area contributed by atoms with E-state index in [4.69, 9.17) is 0 Å². The Hall–Kier alpha value is -0.680. The number of carbonyl (C=O) groups excluding carboxylic acids is 1. The molecule has 0 amide bonds. The molecule has 0 bridgehead atoms. The van der Waals surface area contributed by atoms with E-state index in [1.807, 2.05) is 48.5 Å². The minimum absolute atomic E-state index is 0.147. The molecule has 0 N–H and O–H groups in total. The summed E-state index contributed by atoms with van der Waals surface area (Å²) < 4.78 is 2.12. The van der Waals surface area contributed by atoms with Crippen LogP contribution in [0.4, 0.5) is 0 Å². The van der Waals surface area contributed by atoms with Crippen molar-refractivity contribution in [1.82, 2.24) is 0 Å². The summed E-state index contributed by atoms with van der Waals surface area (Å²) in [5, 5.41) is 0. The average Bonchev–Trinajstić information content (AvgIpc) is 2.33. The van der Waals surface area contributed by atoms with E-state index in [0.29, 0.717) is 6.42 Å². The van der Waals surface area contributed by atoms with Gasteiger partial charge in [-0.05, 0) is 46.4 Å². The lowest BCUT2D eigenvalue weighted by Gasteiger charge is -2.04. The first-order valence-electron chi connectivity index (χ1n) is 5.19. The fraction of sp³-hybridized carbons (Fsp3) is 0.0714. The number of benzene rings is 2. The van der Waals surface area contributed by atoms with Gasteiger partial charge in [0.05, 0.1) is 0 Å². The third-order valence-electron chi connectivity index (χ3n) is 2.48. The van der Waals surface area contributed by atoms with Gasteiger partial charge in [-0.1, -0.05) is 46.3 Å². The fourth-order valence-electron chi connectivity index (χ4n) is 1.55. The van der Waals surface area contributed by atoms with E-state index in [0.717, 1.165) is 19.2 Å². The first-order chi connectivity index (χ1) is 8.16. The van der Waals surface area contributed by atoms with Crippen LogP contribution in [0.15, 0.2) is 53.0 Å². The molecule has 1 nitrogen and oxygen atoms in total. The Labute approximate surface area is 123 Å². The van der Waals surface area contributed by atoms with Gasteiger partial charge in [0.1, 0.15) is 0 Å². The molecule has 2 aromatic carbocycles. The first kappa shape index (κ1) is 12.8. The van der Waals surface area contributed by atoms with Gasteiger partial charge in [-0.25, -0.2) is 0 Å². The second-order valence-electron chi connectivity index (χ2n) is 3.70. The molecule has 0 heterocycles. The van der Waals surface area contributed by atoms with E-state index in [9.17, 15) is 4.79 Å². The highest BCUT2D eigenvalue weighted by Gasteiger charge is 2.08. The molecule has 0 saturated carbocycles. The van der Waals surface area contributed by atoms with Crippen molar-refractivity contribution < 1.29 is 4.79 Å². The molecular weight excluding hydrogens is 391 g/mol. The molecule has 3 heteroatoms.